The first-order valence-corrected chi connectivity index (χ1v) is 7.76. The van der Waals surface area contributed by atoms with Gasteiger partial charge in [0.2, 0.25) is 5.91 Å². The van der Waals surface area contributed by atoms with E-state index in [1.807, 2.05) is 7.05 Å². The highest BCUT2D eigenvalue weighted by atomic mass is 32.2. The average Bonchev–Trinajstić information content (AvgIpc) is 2.29. The van der Waals surface area contributed by atoms with Crippen molar-refractivity contribution in [2.75, 3.05) is 25.2 Å². The fourth-order valence-electron chi connectivity index (χ4n) is 2.47. The van der Waals surface area contributed by atoms with Gasteiger partial charge in [0, 0.05) is 29.6 Å². The van der Waals surface area contributed by atoms with Gasteiger partial charge in [-0.3, -0.25) is 9.00 Å². The molecule has 1 rings (SSSR count). The molecule has 1 fully saturated rings. The second-order valence-electron chi connectivity index (χ2n) is 4.85. The second kappa shape index (κ2) is 7.11. The Morgan fingerprint density at radius 2 is 2.06 bits per heavy atom. The zero-order valence-electron chi connectivity index (χ0n) is 10.7. The highest BCUT2D eigenvalue weighted by Gasteiger charge is 2.28. The van der Waals surface area contributed by atoms with E-state index >= 15 is 0 Å². The third-order valence-corrected chi connectivity index (χ3v) is 4.77. The molecule has 3 unspecified atom stereocenters. The summed E-state index contributed by atoms with van der Waals surface area (Å²) in [5.41, 5.74) is 0. The topological polar surface area (TPSA) is 57.6 Å². The third kappa shape index (κ3) is 4.39. The predicted octanol–water partition coefficient (Wildman–Crippen LogP) is 0.764. The van der Waals surface area contributed by atoms with E-state index < -0.39 is 10.8 Å². The molecule has 100 valence electrons. The standard InChI is InChI=1S/C12H23NO3S/c1-10-5-3-4-6-11(10)13(2)12(15)9-17(16)8-7-14/h10-11,14H,3-9H2,1-2H3. The van der Waals surface area contributed by atoms with Crippen molar-refractivity contribution in [1.29, 1.82) is 0 Å². The molecule has 4 nitrogen and oxygen atoms in total. The molecular formula is C12H23NO3S. The maximum Gasteiger partial charge on any atom is 0.235 e. The van der Waals surface area contributed by atoms with Gasteiger partial charge in [-0.2, -0.15) is 0 Å². The van der Waals surface area contributed by atoms with Crippen molar-refractivity contribution >= 4 is 16.7 Å². The molecule has 0 bridgehead atoms. The maximum absolute atomic E-state index is 11.9. The summed E-state index contributed by atoms with van der Waals surface area (Å²) >= 11 is 0. The summed E-state index contributed by atoms with van der Waals surface area (Å²) in [5, 5.41) is 8.66. The van der Waals surface area contributed by atoms with Crippen LogP contribution < -0.4 is 0 Å². The molecule has 1 saturated carbocycles. The molecule has 0 aromatic rings. The summed E-state index contributed by atoms with van der Waals surface area (Å²) in [7, 11) is 0.583. The molecular weight excluding hydrogens is 238 g/mol. The zero-order valence-corrected chi connectivity index (χ0v) is 11.5. The second-order valence-corrected chi connectivity index (χ2v) is 6.42. The van der Waals surface area contributed by atoms with Crippen LogP contribution in [0.15, 0.2) is 0 Å². The largest absolute Gasteiger partial charge is 0.395 e. The molecule has 0 aromatic carbocycles. The lowest BCUT2D eigenvalue weighted by Crippen LogP contribution is -2.44. The van der Waals surface area contributed by atoms with Crippen LogP contribution in [-0.2, 0) is 15.6 Å². The van der Waals surface area contributed by atoms with Crippen molar-refractivity contribution < 1.29 is 14.1 Å². The molecule has 0 saturated heterocycles. The van der Waals surface area contributed by atoms with Crippen molar-refractivity contribution in [1.82, 2.24) is 4.90 Å². The number of carbonyl (C=O) groups excluding carboxylic acids is 1. The van der Waals surface area contributed by atoms with E-state index in [-0.39, 0.29) is 24.0 Å². The van der Waals surface area contributed by atoms with Gasteiger partial charge in [0.05, 0.1) is 6.61 Å². The van der Waals surface area contributed by atoms with Crippen LogP contribution in [0.2, 0.25) is 0 Å². The highest BCUT2D eigenvalue weighted by Crippen LogP contribution is 2.27. The number of aliphatic hydroxyl groups excluding tert-OH is 1. The molecule has 17 heavy (non-hydrogen) atoms. The fourth-order valence-corrected chi connectivity index (χ4v) is 3.30. The molecule has 0 heterocycles. The first kappa shape index (κ1) is 14.6. The molecule has 0 aliphatic heterocycles. The van der Waals surface area contributed by atoms with Crippen molar-refractivity contribution in [2.45, 2.75) is 38.6 Å². The van der Waals surface area contributed by atoms with E-state index in [9.17, 15) is 9.00 Å². The van der Waals surface area contributed by atoms with Crippen molar-refractivity contribution in [3.05, 3.63) is 0 Å². The van der Waals surface area contributed by atoms with E-state index in [0.29, 0.717) is 12.0 Å². The molecule has 3 atom stereocenters. The van der Waals surface area contributed by atoms with Gasteiger partial charge in [0.25, 0.3) is 0 Å². The van der Waals surface area contributed by atoms with E-state index in [2.05, 4.69) is 6.92 Å². The van der Waals surface area contributed by atoms with Gasteiger partial charge in [0.15, 0.2) is 0 Å². The minimum absolute atomic E-state index is 0.0419. The van der Waals surface area contributed by atoms with Crippen LogP contribution in [0.4, 0.5) is 0 Å². The molecule has 0 aromatic heterocycles. The monoisotopic (exact) mass is 261 g/mol. The summed E-state index contributed by atoms with van der Waals surface area (Å²) in [6.07, 6.45) is 4.64. The van der Waals surface area contributed by atoms with Gasteiger partial charge < -0.3 is 10.0 Å². The van der Waals surface area contributed by atoms with Crippen LogP contribution in [0.1, 0.15) is 32.6 Å². The minimum atomic E-state index is -1.23. The van der Waals surface area contributed by atoms with Gasteiger partial charge in [-0.15, -0.1) is 0 Å². The third-order valence-electron chi connectivity index (χ3n) is 3.56. The summed E-state index contributed by atoms with van der Waals surface area (Å²) in [4.78, 5) is 13.7. The maximum atomic E-state index is 11.9. The Hall–Kier alpha value is -0.420. The van der Waals surface area contributed by atoms with E-state index in [1.165, 1.54) is 19.3 Å². The Bertz CT molecular complexity index is 283. The molecule has 1 N–H and O–H groups in total. The van der Waals surface area contributed by atoms with Gasteiger partial charge in [-0.1, -0.05) is 19.8 Å². The Balaban J connectivity index is 2.47. The lowest BCUT2D eigenvalue weighted by atomic mass is 9.85. The lowest BCUT2D eigenvalue weighted by Gasteiger charge is -2.36. The van der Waals surface area contributed by atoms with Crippen molar-refractivity contribution in [2.24, 2.45) is 5.92 Å². The number of aliphatic hydroxyl groups is 1. The average molecular weight is 261 g/mol. The van der Waals surface area contributed by atoms with Crippen LogP contribution >= 0.6 is 0 Å². The van der Waals surface area contributed by atoms with Crippen molar-refractivity contribution in [3.63, 3.8) is 0 Å². The zero-order chi connectivity index (χ0) is 12.8. The summed E-state index contributed by atoms with van der Waals surface area (Å²) in [6, 6.07) is 0.294. The quantitative estimate of drug-likeness (QED) is 0.795. The van der Waals surface area contributed by atoms with Crippen LogP contribution in [0.3, 0.4) is 0 Å². The van der Waals surface area contributed by atoms with Gasteiger partial charge in [-0.05, 0) is 18.8 Å². The Kier molecular flexibility index (Phi) is 6.12. The molecule has 1 amide bonds. The van der Waals surface area contributed by atoms with Crippen LogP contribution in [0.5, 0.6) is 0 Å². The number of hydrogen-bond donors (Lipinski definition) is 1. The SMILES string of the molecule is CC1CCCCC1N(C)C(=O)CS(=O)CCO. The van der Waals surface area contributed by atoms with Crippen molar-refractivity contribution in [3.8, 4) is 0 Å². The lowest BCUT2D eigenvalue weighted by molar-refractivity contribution is -0.130. The normalized spacial score (nSPS) is 26.5. The summed E-state index contributed by atoms with van der Waals surface area (Å²) < 4.78 is 11.4. The molecule has 0 spiro atoms. The highest BCUT2D eigenvalue weighted by molar-refractivity contribution is 7.85. The van der Waals surface area contributed by atoms with Gasteiger partial charge in [-0.25, -0.2) is 0 Å². The Morgan fingerprint density at radius 3 is 2.65 bits per heavy atom. The molecule has 1 aliphatic carbocycles. The van der Waals surface area contributed by atoms with Crippen LogP contribution in [-0.4, -0.2) is 51.3 Å². The van der Waals surface area contributed by atoms with E-state index in [1.54, 1.807) is 4.90 Å². The predicted molar refractivity (Wildman–Crippen MR) is 69.2 cm³/mol. The fraction of sp³-hybridized carbons (Fsp3) is 0.917. The minimum Gasteiger partial charge on any atom is -0.395 e. The van der Waals surface area contributed by atoms with Gasteiger partial charge in [0.1, 0.15) is 5.75 Å². The number of rotatable bonds is 5. The molecule has 0 radical (unpaired) electrons. The Labute approximate surface area is 106 Å². The summed E-state index contributed by atoms with van der Waals surface area (Å²) in [6.45, 7) is 2.06. The Morgan fingerprint density at radius 1 is 1.41 bits per heavy atom. The molecule has 5 heteroatoms. The molecule has 1 aliphatic rings. The van der Waals surface area contributed by atoms with Crippen LogP contribution in [0, 0.1) is 5.92 Å². The van der Waals surface area contributed by atoms with E-state index in [4.69, 9.17) is 5.11 Å². The first-order valence-electron chi connectivity index (χ1n) is 6.27. The smallest absolute Gasteiger partial charge is 0.235 e. The first-order chi connectivity index (χ1) is 8.06. The number of amides is 1. The van der Waals surface area contributed by atoms with Gasteiger partial charge >= 0.3 is 0 Å². The number of hydrogen-bond acceptors (Lipinski definition) is 3. The van der Waals surface area contributed by atoms with E-state index in [0.717, 1.165) is 6.42 Å². The summed E-state index contributed by atoms with van der Waals surface area (Å²) in [5.74, 6) is 0.708. The number of nitrogens with zero attached hydrogens (tertiary/aromatic N) is 1. The van der Waals surface area contributed by atoms with Crippen LogP contribution in [0.25, 0.3) is 0 Å². The number of carbonyl (C=O) groups is 1.